The number of carbonyl (C=O) groups excluding carboxylic acids is 2. The monoisotopic (exact) mass is 377 g/mol. The number of benzene rings is 1. The summed E-state index contributed by atoms with van der Waals surface area (Å²) < 4.78 is 16.3. The lowest BCUT2D eigenvalue weighted by molar-refractivity contribution is -0.159. The van der Waals surface area contributed by atoms with Crippen molar-refractivity contribution in [2.24, 2.45) is 11.8 Å². The van der Waals surface area contributed by atoms with Crippen LogP contribution in [0, 0.1) is 11.8 Å². The van der Waals surface area contributed by atoms with Gasteiger partial charge in [0, 0.05) is 19.2 Å². The van der Waals surface area contributed by atoms with Gasteiger partial charge in [-0.15, -0.1) is 0 Å². The van der Waals surface area contributed by atoms with Crippen LogP contribution in [0.5, 0.6) is 0 Å². The molecule has 1 N–H and O–H groups in total. The number of rotatable bonds is 8. The molecule has 1 aromatic carbocycles. The average molecular weight is 377 g/mol. The maximum Gasteiger partial charge on any atom is 0.411 e. The number of anilines is 1. The summed E-state index contributed by atoms with van der Waals surface area (Å²) in [6, 6.07) is 9.29. The molecule has 0 unspecified atom stereocenters. The van der Waals surface area contributed by atoms with Gasteiger partial charge in [0.1, 0.15) is 5.60 Å². The number of para-hydroxylation sites is 1. The van der Waals surface area contributed by atoms with E-state index in [1.807, 2.05) is 44.2 Å². The van der Waals surface area contributed by atoms with Crippen molar-refractivity contribution in [2.45, 2.75) is 52.1 Å². The molecular formula is C21H31NO5. The first-order valence-corrected chi connectivity index (χ1v) is 9.60. The van der Waals surface area contributed by atoms with Crippen molar-refractivity contribution in [3.8, 4) is 0 Å². The lowest BCUT2D eigenvalue weighted by Crippen LogP contribution is -2.34. The highest BCUT2D eigenvalue weighted by molar-refractivity contribution is 5.84. The van der Waals surface area contributed by atoms with E-state index in [1.54, 1.807) is 0 Å². The van der Waals surface area contributed by atoms with Crippen LogP contribution in [-0.2, 0) is 19.0 Å². The van der Waals surface area contributed by atoms with Gasteiger partial charge in [-0.2, -0.15) is 0 Å². The van der Waals surface area contributed by atoms with Crippen molar-refractivity contribution in [3.05, 3.63) is 30.3 Å². The molecule has 6 heteroatoms. The molecule has 1 aliphatic rings. The molecule has 150 valence electrons. The third kappa shape index (κ3) is 8.43. The van der Waals surface area contributed by atoms with Crippen molar-refractivity contribution in [1.29, 1.82) is 0 Å². The van der Waals surface area contributed by atoms with Crippen LogP contribution in [0.2, 0.25) is 0 Å². The Balaban J connectivity index is 1.58. The molecule has 0 heterocycles. The highest BCUT2D eigenvalue weighted by atomic mass is 16.6. The molecule has 0 radical (unpaired) electrons. The number of hydrogen-bond acceptors (Lipinski definition) is 5. The quantitative estimate of drug-likeness (QED) is 0.680. The van der Waals surface area contributed by atoms with E-state index in [0.717, 1.165) is 31.4 Å². The molecule has 0 aliphatic heterocycles. The molecule has 0 bridgehead atoms. The van der Waals surface area contributed by atoms with Gasteiger partial charge in [-0.3, -0.25) is 10.1 Å². The summed E-state index contributed by atoms with van der Waals surface area (Å²) >= 11 is 0. The molecule has 0 aromatic heterocycles. The van der Waals surface area contributed by atoms with Crippen LogP contribution in [-0.4, -0.2) is 37.5 Å². The summed E-state index contributed by atoms with van der Waals surface area (Å²) in [5.41, 5.74) is 0.142. The van der Waals surface area contributed by atoms with Crippen molar-refractivity contribution in [2.75, 3.05) is 25.1 Å². The lowest BCUT2D eigenvalue weighted by Gasteiger charge is -2.29. The fourth-order valence-corrected chi connectivity index (χ4v) is 3.32. The molecule has 1 aliphatic carbocycles. The van der Waals surface area contributed by atoms with Crippen LogP contribution in [0.1, 0.15) is 46.5 Å². The molecule has 1 fully saturated rings. The van der Waals surface area contributed by atoms with Crippen LogP contribution in [0.3, 0.4) is 0 Å². The summed E-state index contributed by atoms with van der Waals surface area (Å²) in [5.74, 6) is 0.619. The zero-order chi connectivity index (χ0) is 19.7. The predicted octanol–water partition coefficient (Wildman–Crippen LogP) is 4.40. The van der Waals surface area contributed by atoms with Gasteiger partial charge >= 0.3 is 12.1 Å². The number of esters is 1. The Kier molecular flexibility index (Phi) is 8.10. The maximum atomic E-state index is 11.8. The van der Waals surface area contributed by atoms with Crippen molar-refractivity contribution in [3.63, 3.8) is 0 Å². The zero-order valence-corrected chi connectivity index (χ0v) is 16.5. The minimum Gasteiger partial charge on any atom is -0.457 e. The van der Waals surface area contributed by atoms with Gasteiger partial charge in [-0.25, -0.2) is 4.79 Å². The Morgan fingerprint density at radius 2 is 1.63 bits per heavy atom. The fraction of sp³-hybridized carbons (Fsp3) is 0.619. The Bertz CT molecular complexity index is 594. The van der Waals surface area contributed by atoms with E-state index >= 15 is 0 Å². The van der Waals surface area contributed by atoms with Crippen molar-refractivity contribution in [1.82, 2.24) is 0 Å². The minimum atomic E-state index is -0.594. The average Bonchev–Trinajstić information content (AvgIpc) is 2.60. The van der Waals surface area contributed by atoms with E-state index in [2.05, 4.69) is 5.32 Å². The molecule has 27 heavy (non-hydrogen) atoms. The van der Waals surface area contributed by atoms with E-state index < -0.39 is 11.7 Å². The normalized spacial score (nSPS) is 20.0. The molecule has 1 saturated carbocycles. The highest BCUT2D eigenvalue weighted by Crippen LogP contribution is 2.29. The second-order valence-electron chi connectivity index (χ2n) is 7.84. The molecule has 0 atom stereocenters. The van der Waals surface area contributed by atoms with Crippen LogP contribution in [0.4, 0.5) is 10.5 Å². The largest absolute Gasteiger partial charge is 0.457 e. The SMILES string of the molecule is CC(=O)OC(C)(C)COCC1CCC(COC(=O)Nc2ccccc2)CC1. The van der Waals surface area contributed by atoms with Gasteiger partial charge in [0.05, 0.1) is 13.2 Å². The Labute approximate surface area is 161 Å². The third-order valence-corrected chi connectivity index (χ3v) is 4.66. The van der Waals surface area contributed by atoms with Gasteiger partial charge in [-0.1, -0.05) is 18.2 Å². The van der Waals surface area contributed by atoms with E-state index in [-0.39, 0.29) is 5.97 Å². The molecular weight excluding hydrogens is 346 g/mol. The standard InChI is InChI=1S/C21H31NO5/c1-16(23)27-21(2,3)15-25-13-17-9-11-18(12-10-17)14-26-20(24)22-19-7-5-4-6-8-19/h4-8,17-18H,9-15H2,1-3H3,(H,22,24). The Hall–Kier alpha value is -2.08. The van der Waals surface area contributed by atoms with Gasteiger partial charge in [-0.05, 0) is 63.5 Å². The topological polar surface area (TPSA) is 73.9 Å². The third-order valence-electron chi connectivity index (χ3n) is 4.66. The molecule has 2 rings (SSSR count). The van der Waals surface area contributed by atoms with E-state index in [4.69, 9.17) is 14.2 Å². The fourth-order valence-electron chi connectivity index (χ4n) is 3.32. The highest BCUT2D eigenvalue weighted by Gasteiger charge is 2.25. The van der Waals surface area contributed by atoms with Gasteiger partial charge in [0.15, 0.2) is 0 Å². The smallest absolute Gasteiger partial charge is 0.411 e. The second-order valence-corrected chi connectivity index (χ2v) is 7.84. The van der Waals surface area contributed by atoms with Crippen molar-refractivity contribution < 1.29 is 23.8 Å². The Morgan fingerprint density at radius 1 is 1.04 bits per heavy atom. The summed E-state index contributed by atoms with van der Waals surface area (Å²) in [4.78, 5) is 22.9. The molecule has 1 aromatic rings. The van der Waals surface area contributed by atoms with Crippen LogP contribution >= 0.6 is 0 Å². The zero-order valence-electron chi connectivity index (χ0n) is 16.5. The summed E-state index contributed by atoms with van der Waals surface area (Å²) in [7, 11) is 0. The van der Waals surface area contributed by atoms with Gasteiger partial charge in [0.2, 0.25) is 0 Å². The molecule has 1 amide bonds. The minimum absolute atomic E-state index is 0.291. The first-order chi connectivity index (χ1) is 12.8. The van der Waals surface area contributed by atoms with E-state index in [9.17, 15) is 9.59 Å². The number of nitrogens with one attached hydrogen (secondary N) is 1. The van der Waals surface area contributed by atoms with Gasteiger partial charge in [0.25, 0.3) is 0 Å². The van der Waals surface area contributed by atoms with Crippen molar-refractivity contribution >= 4 is 17.7 Å². The van der Waals surface area contributed by atoms with E-state index in [1.165, 1.54) is 6.92 Å². The maximum absolute atomic E-state index is 11.8. The number of amides is 1. The van der Waals surface area contributed by atoms with Crippen LogP contribution in [0.15, 0.2) is 30.3 Å². The first kappa shape index (κ1) is 21.2. The van der Waals surface area contributed by atoms with E-state index in [0.29, 0.717) is 31.7 Å². The predicted molar refractivity (Wildman–Crippen MR) is 104 cm³/mol. The summed E-state index contributed by atoms with van der Waals surface area (Å²) in [5, 5.41) is 2.73. The number of hydrogen-bond donors (Lipinski definition) is 1. The lowest BCUT2D eigenvalue weighted by atomic mass is 9.83. The molecule has 0 saturated heterocycles. The first-order valence-electron chi connectivity index (χ1n) is 9.60. The molecule has 0 spiro atoms. The van der Waals surface area contributed by atoms with Crippen LogP contribution in [0.25, 0.3) is 0 Å². The second kappa shape index (κ2) is 10.3. The van der Waals surface area contributed by atoms with Gasteiger partial charge < -0.3 is 14.2 Å². The number of carbonyl (C=O) groups is 2. The summed E-state index contributed by atoms with van der Waals surface area (Å²) in [6.45, 7) is 6.63. The van der Waals surface area contributed by atoms with Crippen LogP contribution < -0.4 is 5.32 Å². The number of ether oxygens (including phenoxy) is 3. The summed E-state index contributed by atoms with van der Waals surface area (Å²) in [6.07, 6.45) is 3.77. The Morgan fingerprint density at radius 3 is 2.22 bits per heavy atom. The molecule has 6 nitrogen and oxygen atoms in total.